The van der Waals surface area contributed by atoms with Crippen LogP contribution in [0.5, 0.6) is 5.75 Å². The van der Waals surface area contributed by atoms with Crippen molar-refractivity contribution >= 4 is 49.8 Å². The average molecular weight is 476 g/mol. The van der Waals surface area contributed by atoms with Crippen LogP contribution in [-0.4, -0.2) is 51.6 Å². The predicted molar refractivity (Wildman–Crippen MR) is 134 cm³/mol. The van der Waals surface area contributed by atoms with Crippen LogP contribution in [0.1, 0.15) is 35.3 Å². The molecule has 1 aromatic carbocycles. The highest BCUT2D eigenvalue weighted by atomic mass is 32.1. The Kier molecular flexibility index (Phi) is 5.36. The SMILES string of the molecule is C=CC(=O)N1CC[C@H](n2nc(-c3cc4cc(C)cc(OC)c4s3)c3c(N)ncc(C(C)=O)c32)C1. The summed E-state index contributed by atoms with van der Waals surface area (Å²) >= 11 is 1.57. The standard InChI is InChI=1S/C25H25N5O3S/c1-5-20(32)29-7-6-16(12-29)30-23-17(14(3)31)11-27-25(26)21(23)22(28-30)19-10-15-8-13(2)9-18(33-4)24(15)34-19/h5,8-11,16H,1,6-7,12H2,2-4H3,(H2,26,27)/t16-/m0/s1. The first-order chi connectivity index (χ1) is 16.3. The molecule has 8 nitrogen and oxygen atoms in total. The fourth-order valence-corrected chi connectivity index (χ4v) is 5.82. The molecular formula is C25H25N5O3S. The third-order valence-corrected chi connectivity index (χ3v) is 7.48. The van der Waals surface area contributed by atoms with Crippen LogP contribution in [-0.2, 0) is 4.79 Å². The third kappa shape index (κ3) is 3.43. The minimum absolute atomic E-state index is 0.0915. The summed E-state index contributed by atoms with van der Waals surface area (Å²) in [4.78, 5) is 31.7. The number of rotatable bonds is 5. The van der Waals surface area contributed by atoms with Crippen molar-refractivity contribution in [1.29, 1.82) is 0 Å². The Morgan fingerprint density at radius 1 is 1.32 bits per heavy atom. The number of fused-ring (bicyclic) bond motifs is 2. The van der Waals surface area contributed by atoms with Crippen LogP contribution in [0, 0.1) is 6.92 Å². The van der Waals surface area contributed by atoms with Crippen molar-refractivity contribution in [3.05, 3.63) is 48.2 Å². The summed E-state index contributed by atoms with van der Waals surface area (Å²) in [7, 11) is 1.66. The quantitative estimate of drug-likeness (QED) is 0.340. The molecule has 0 bridgehead atoms. The van der Waals surface area contributed by atoms with Gasteiger partial charge in [-0.05, 0) is 49.4 Å². The summed E-state index contributed by atoms with van der Waals surface area (Å²) in [5.74, 6) is 0.897. The number of thiophene rings is 1. The van der Waals surface area contributed by atoms with Crippen molar-refractivity contribution in [1.82, 2.24) is 19.7 Å². The van der Waals surface area contributed by atoms with Crippen LogP contribution in [0.25, 0.3) is 31.6 Å². The molecule has 0 unspecified atom stereocenters. The van der Waals surface area contributed by atoms with Crippen LogP contribution in [0.15, 0.2) is 37.1 Å². The zero-order valence-electron chi connectivity index (χ0n) is 19.3. The topological polar surface area (TPSA) is 103 Å². The molecule has 3 aromatic heterocycles. The van der Waals surface area contributed by atoms with Gasteiger partial charge in [0.15, 0.2) is 5.78 Å². The lowest BCUT2D eigenvalue weighted by molar-refractivity contribution is -0.125. The fraction of sp³-hybridized carbons (Fsp3) is 0.280. The van der Waals surface area contributed by atoms with Gasteiger partial charge in [-0.15, -0.1) is 11.3 Å². The van der Waals surface area contributed by atoms with Crippen LogP contribution < -0.4 is 10.5 Å². The zero-order chi connectivity index (χ0) is 24.1. The number of Topliss-reactive ketones (excluding diaryl/α,β-unsaturated/α-hetero) is 1. The van der Waals surface area contributed by atoms with E-state index in [9.17, 15) is 9.59 Å². The number of anilines is 1. The molecule has 0 aliphatic carbocycles. The lowest BCUT2D eigenvalue weighted by atomic mass is 10.1. The van der Waals surface area contributed by atoms with Crippen molar-refractivity contribution in [2.24, 2.45) is 0 Å². The Morgan fingerprint density at radius 2 is 2.12 bits per heavy atom. The number of ketones is 1. The highest BCUT2D eigenvalue weighted by molar-refractivity contribution is 7.22. The first kappa shape index (κ1) is 22.1. The molecular weight excluding hydrogens is 450 g/mol. The summed E-state index contributed by atoms with van der Waals surface area (Å²) in [6.07, 6.45) is 3.56. The number of methoxy groups -OCH3 is 1. The highest BCUT2D eigenvalue weighted by Crippen LogP contribution is 2.43. The van der Waals surface area contributed by atoms with E-state index in [0.29, 0.717) is 41.1 Å². The maximum atomic E-state index is 12.6. The highest BCUT2D eigenvalue weighted by Gasteiger charge is 2.31. The number of carbonyl (C=O) groups is 2. The van der Waals surface area contributed by atoms with Crippen LogP contribution in [0.3, 0.4) is 0 Å². The smallest absolute Gasteiger partial charge is 0.246 e. The van der Waals surface area contributed by atoms with E-state index in [1.54, 1.807) is 23.3 Å². The van der Waals surface area contributed by atoms with Crippen molar-refractivity contribution in [2.45, 2.75) is 26.3 Å². The molecule has 34 heavy (non-hydrogen) atoms. The normalized spacial score (nSPS) is 15.9. The summed E-state index contributed by atoms with van der Waals surface area (Å²) in [6, 6.07) is 6.09. The number of pyridine rings is 1. The fourth-order valence-electron chi connectivity index (χ4n) is 4.69. The molecule has 1 atom stereocenters. The molecule has 4 heterocycles. The van der Waals surface area contributed by atoms with E-state index >= 15 is 0 Å². The molecule has 9 heteroatoms. The van der Waals surface area contributed by atoms with Crippen molar-refractivity contribution < 1.29 is 14.3 Å². The van der Waals surface area contributed by atoms with Crippen molar-refractivity contribution in [2.75, 3.05) is 25.9 Å². The number of hydrogen-bond donors (Lipinski definition) is 1. The van der Waals surface area contributed by atoms with Gasteiger partial charge in [0.25, 0.3) is 0 Å². The summed E-state index contributed by atoms with van der Waals surface area (Å²) in [5.41, 5.74) is 9.28. The largest absolute Gasteiger partial charge is 0.495 e. The first-order valence-corrected chi connectivity index (χ1v) is 11.8. The van der Waals surface area contributed by atoms with E-state index in [4.69, 9.17) is 15.6 Å². The van der Waals surface area contributed by atoms with Gasteiger partial charge in [-0.25, -0.2) is 4.98 Å². The van der Waals surface area contributed by atoms with E-state index in [1.807, 2.05) is 17.7 Å². The number of likely N-dealkylation sites (tertiary alicyclic amines) is 1. The van der Waals surface area contributed by atoms with Gasteiger partial charge in [-0.3, -0.25) is 14.3 Å². The Labute approximate surface area is 200 Å². The summed E-state index contributed by atoms with van der Waals surface area (Å²) < 4.78 is 8.49. The minimum Gasteiger partial charge on any atom is -0.495 e. The van der Waals surface area contributed by atoms with Crippen LogP contribution in [0.2, 0.25) is 0 Å². The second-order valence-corrected chi connectivity index (χ2v) is 9.61. The molecule has 174 valence electrons. The zero-order valence-corrected chi connectivity index (χ0v) is 20.1. The van der Waals surface area contributed by atoms with Gasteiger partial charge < -0.3 is 15.4 Å². The maximum Gasteiger partial charge on any atom is 0.246 e. The minimum atomic E-state index is -0.115. The second-order valence-electron chi connectivity index (χ2n) is 8.56. The maximum absolute atomic E-state index is 12.6. The monoisotopic (exact) mass is 475 g/mol. The third-order valence-electron chi connectivity index (χ3n) is 6.31. The summed E-state index contributed by atoms with van der Waals surface area (Å²) in [5, 5.41) is 6.70. The Hall–Kier alpha value is -3.72. The van der Waals surface area contributed by atoms with Crippen LogP contribution >= 0.6 is 11.3 Å². The van der Waals surface area contributed by atoms with E-state index < -0.39 is 0 Å². The number of carbonyl (C=O) groups excluding carboxylic acids is 2. The Morgan fingerprint density at radius 3 is 2.82 bits per heavy atom. The number of amides is 1. The van der Waals surface area contributed by atoms with Gasteiger partial charge in [0.05, 0.1) is 39.2 Å². The molecule has 5 rings (SSSR count). The second kappa shape index (κ2) is 8.25. The number of nitrogens with zero attached hydrogens (tertiary/aromatic N) is 4. The number of ether oxygens (including phenoxy) is 1. The number of nitrogen functional groups attached to an aromatic ring is 1. The Bertz CT molecular complexity index is 1490. The molecule has 1 fully saturated rings. The van der Waals surface area contributed by atoms with Crippen molar-refractivity contribution in [3.8, 4) is 16.3 Å². The number of hydrogen-bond acceptors (Lipinski definition) is 7. The van der Waals surface area contributed by atoms with Gasteiger partial charge >= 0.3 is 0 Å². The summed E-state index contributed by atoms with van der Waals surface area (Å²) in [6.45, 7) is 8.22. The van der Waals surface area contributed by atoms with Gasteiger partial charge in [-0.2, -0.15) is 5.10 Å². The Balaban J connectivity index is 1.75. The first-order valence-electron chi connectivity index (χ1n) is 11.0. The van der Waals surface area contributed by atoms with Gasteiger partial charge in [0.1, 0.15) is 17.3 Å². The molecule has 1 amide bonds. The average Bonchev–Trinajstić information content (AvgIpc) is 3.54. The number of nitrogens with two attached hydrogens (primary N) is 1. The molecule has 0 spiro atoms. The van der Waals surface area contributed by atoms with Gasteiger partial charge in [0, 0.05) is 19.3 Å². The molecule has 1 aliphatic rings. The molecule has 4 aromatic rings. The van der Waals surface area contributed by atoms with Gasteiger partial charge in [-0.1, -0.05) is 12.6 Å². The molecule has 1 saturated heterocycles. The lowest BCUT2D eigenvalue weighted by Gasteiger charge is -2.16. The lowest BCUT2D eigenvalue weighted by Crippen LogP contribution is -2.27. The molecule has 1 aliphatic heterocycles. The van der Waals surface area contributed by atoms with E-state index in [-0.39, 0.29) is 17.7 Å². The van der Waals surface area contributed by atoms with Crippen molar-refractivity contribution in [3.63, 3.8) is 0 Å². The number of benzene rings is 1. The van der Waals surface area contributed by atoms with E-state index in [0.717, 1.165) is 32.7 Å². The number of aromatic nitrogens is 3. The van der Waals surface area contributed by atoms with E-state index in [1.165, 1.54) is 19.2 Å². The molecule has 0 saturated carbocycles. The van der Waals surface area contributed by atoms with Crippen LogP contribution in [0.4, 0.5) is 5.82 Å². The molecule has 0 radical (unpaired) electrons. The molecule has 2 N–H and O–H groups in total. The predicted octanol–water partition coefficient (Wildman–Crippen LogP) is 4.37. The van der Waals surface area contributed by atoms with Gasteiger partial charge in [0.2, 0.25) is 5.91 Å². The number of aryl methyl sites for hydroxylation is 1. The van der Waals surface area contributed by atoms with E-state index in [2.05, 4.69) is 23.7 Å².